The van der Waals surface area contributed by atoms with Gasteiger partial charge in [-0.05, 0) is 39.0 Å². The zero-order valence-electron chi connectivity index (χ0n) is 9.49. The van der Waals surface area contributed by atoms with Crippen molar-refractivity contribution in [1.82, 2.24) is 10.1 Å². The smallest absolute Gasteiger partial charge is 0.226 e. The zero-order valence-corrected chi connectivity index (χ0v) is 9.49. The lowest BCUT2D eigenvalue weighted by Crippen LogP contribution is -2.32. The summed E-state index contributed by atoms with van der Waals surface area (Å²) in [4.78, 5) is 4.36. The van der Waals surface area contributed by atoms with Gasteiger partial charge < -0.3 is 10.3 Å². The molecule has 0 atom stereocenters. The predicted octanol–water partition coefficient (Wildman–Crippen LogP) is 1.69. The van der Waals surface area contributed by atoms with E-state index in [1.165, 1.54) is 12.8 Å². The molecule has 0 aromatic carbocycles. The molecule has 84 valence electrons. The molecular weight excluding hydrogens is 190 g/mol. The number of aromatic nitrogens is 2. The van der Waals surface area contributed by atoms with Crippen molar-refractivity contribution in [3.8, 4) is 0 Å². The van der Waals surface area contributed by atoms with Gasteiger partial charge in [0.25, 0.3) is 0 Å². The highest BCUT2D eigenvalue weighted by atomic mass is 16.5. The first-order valence-electron chi connectivity index (χ1n) is 5.63. The molecule has 0 saturated heterocycles. The van der Waals surface area contributed by atoms with Crippen LogP contribution in [0, 0.1) is 5.92 Å². The molecule has 15 heavy (non-hydrogen) atoms. The van der Waals surface area contributed by atoms with Gasteiger partial charge in [-0.2, -0.15) is 4.98 Å². The van der Waals surface area contributed by atoms with Gasteiger partial charge in [-0.1, -0.05) is 5.16 Å². The molecule has 1 heterocycles. The maximum Gasteiger partial charge on any atom is 0.226 e. The van der Waals surface area contributed by atoms with Crippen LogP contribution < -0.4 is 5.73 Å². The molecule has 1 aromatic heterocycles. The summed E-state index contributed by atoms with van der Waals surface area (Å²) in [6, 6.07) is 0. The van der Waals surface area contributed by atoms with Crippen molar-refractivity contribution in [2.24, 2.45) is 11.7 Å². The van der Waals surface area contributed by atoms with Gasteiger partial charge in [0.2, 0.25) is 5.89 Å². The van der Waals surface area contributed by atoms with E-state index in [2.05, 4.69) is 10.1 Å². The largest absolute Gasteiger partial charge is 0.339 e. The molecule has 4 heteroatoms. The number of nitrogens with two attached hydrogens (primary N) is 1. The lowest BCUT2D eigenvalue weighted by Gasteiger charge is -2.16. The van der Waals surface area contributed by atoms with Gasteiger partial charge in [0.05, 0.1) is 0 Å². The van der Waals surface area contributed by atoms with Crippen molar-refractivity contribution in [3.05, 3.63) is 11.7 Å². The molecule has 0 unspecified atom stereocenters. The first-order valence-corrected chi connectivity index (χ1v) is 5.63. The van der Waals surface area contributed by atoms with Crippen molar-refractivity contribution in [1.29, 1.82) is 0 Å². The molecule has 1 aliphatic carbocycles. The first kappa shape index (κ1) is 10.6. The Morgan fingerprint density at radius 3 is 2.80 bits per heavy atom. The minimum Gasteiger partial charge on any atom is -0.339 e. The van der Waals surface area contributed by atoms with Crippen LogP contribution in [0.5, 0.6) is 0 Å². The monoisotopic (exact) mass is 209 g/mol. The van der Waals surface area contributed by atoms with Crippen LogP contribution in [0.2, 0.25) is 0 Å². The molecule has 1 fully saturated rings. The fourth-order valence-electron chi connectivity index (χ4n) is 1.48. The van der Waals surface area contributed by atoms with E-state index in [-0.39, 0.29) is 5.54 Å². The van der Waals surface area contributed by atoms with Crippen molar-refractivity contribution < 1.29 is 4.52 Å². The fraction of sp³-hybridized carbons (Fsp3) is 0.818. The second-order valence-corrected chi connectivity index (χ2v) is 5.24. The Kier molecular flexibility index (Phi) is 2.78. The molecule has 1 saturated carbocycles. The lowest BCUT2D eigenvalue weighted by molar-refractivity contribution is 0.354. The van der Waals surface area contributed by atoms with E-state index in [1.54, 1.807) is 0 Å². The molecule has 4 nitrogen and oxygen atoms in total. The average molecular weight is 209 g/mol. The van der Waals surface area contributed by atoms with E-state index in [4.69, 9.17) is 10.3 Å². The standard InChI is InChI=1S/C11H19N3O/c1-11(2,12)6-5-10-13-9(14-15-10)7-8-3-4-8/h8H,3-7,12H2,1-2H3. The van der Waals surface area contributed by atoms with Crippen molar-refractivity contribution >= 4 is 0 Å². The molecule has 0 spiro atoms. The number of hydrogen-bond donors (Lipinski definition) is 1. The van der Waals surface area contributed by atoms with Gasteiger partial charge in [-0.3, -0.25) is 0 Å². The molecule has 0 bridgehead atoms. The van der Waals surface area contributed by atoms with Crippen LogP contribution in [0.3, 0.4) is 0 Å². The van der Waals surface area contributed by atoms with E-state index in [9.17, 15) is 0 Å². The minimum atomic E-state index is -0.162. The second-order valence-electron chi connectivity index (χ2n) is 5.24. The molecule has 2 N–H and O–H groups in total. The zero-order chi connectivity index (χ0) is 10.9. The summed E-state index contributed by atoms with van der Waals surface area (Å²) in [7, 11) is 0. The third kappa shape index (κ3) is 3.63. The second kappa shape index (κ2) is 3.93. The summed E-state index contributed by atoms with van der Waals surface area (Å²) >= 11 is 0. The summed E-state index contributed by atoms with van der Waals surface area (Å²) < 4.78 is 5.17. The fourth-order valence-corrected chi connectivity index (χ4v) is 1.48. The Hall–Kier alpha value is -0.900. The summed E-state index contributed by atoms with van der Waals surface area (Å²) in [5, 5.41) is 3.97. The van der Waals surface area contributed by atoms with Crippen LogP contribution in [-0.4, -0.2) is 15.7 Å². The van der Waals surface area contributed by atoms with Crippen LogP contribution in [0.1, 0.15) is 44.8 Å². The average Bonchev–Trinajstić information content (AvgIpc) is 2.79. The number of nitrogens with zero attached hydrogens (tertiary/aromatic N) is 2. The minimum absolute atomic E-state index is 0.162. The van der Waals surface area contributed by atoms with Crippen molar-refractivity contribution in [2.45, 2.75) is 51.5 Å². The number of hydrogen-bond acceptors (Lipinski definition) is 4. The highest BCUT2D eigenvalue weighted by Crippen LogP contribution is 2.31. The molecule has 2 rings (SSSR count). The van der Waals surface area contributed by atoms with E-state index >= 15 is 0 Å². The van der Waals surface area contributed by atoms with Gasteiger partial charge in [-0.15, -0.1) is 0 Å². The van der Waals surface area contributed by atoms with E-state index in [0.29, 0.717) is 0 Å². The first-order chi connectivity index (χ1) is 7.03. The molecule has 1 aliphatic rings. The van der Waals surface area contributed by atoms with Crippen LogP contribution >= 0.6 is 0 Å². The van der Waals surface area contributed by atoms with Crippen LogP contribution in [0.15, 0.2) is 4.52 Å². The predicted molar refractivity (Wildman–Crippen MR) is 57.3 cm³/mol. The van der Waals surface area contributed by atoms with Gasteiger partial charge in [-0.25, -0.2) is 0 Å². The normalized spacial score (nSPS) is 17.0. The van der Waals surface area contributed by atoms with Crippen LogP contribution in [0.4, 0.5) is 0 Å². The Morgan fingerprint density at radius 2 is 2.20 bits per heavy atom. The Labute approximate surface area is 90.2 Å². The van der Waals surface area contributed by atoms with Crippen molar-refractivity contribution in [3.63, 3.8) is 0 Å². The van der Waals surface area contributed by atoms with Crippen molar-refractivity contribution in [2.75, 3.05) is 0 Å². The molecule has 0 radical (unpaired) electrons. The van der Waals surface area contributed by atoms with E-state index < -0.39 is 0 Å². The molecule has 0 amide bonds. The quantitative estimate of drug-likeness (QED) is 0.801. The van der Waals surface area contributed by atoms with E-state index in [0.717, 1.165) is 36.9 Å². The Morgan fingerprint density at radius 1 is 1.47 bits per heavy atom. The van der Waals surface area contributed by atoms with Gasteiger partial charge in [0.15, 0.2) is 5.82 Å². The number of aryl methyl sites for hydroxylation is 1. The SMILES string of the molecule is CC(C)(N)CCc1nc(CC2CC2)no1. The lowest BCUT2D eigenvalue weighted by atomic mass is 10.0. The van der Waals surface area contributed by atoms with Crippen LogP contribution in [-0.2, 0) is 12.8 Å². The summed E-state index contributed by atoms with van der Waals surface area (Å²) in [5.41, 5.74) is 5.73. The summed E-state index contributed by atoms with van der Waals surface area (Å²) in [6.07, 6.45) is 5.27. The summed E-state index contributed by atoms with van der Waals surface area (Å²) in [5.74, 6) is 2.40. The maximum absolute atomic E-state index is 5.89. The summed E-state index contributed by atoms with van der Waals surface area (Å²) in [6.45, 7) is 4.02. The van der Waals surface area contributed by atoms with Gasteiger partial charge in [0, 0.05) is 18.4 Å². The van der Waals surface area contributed by atoms with Gasteiger partial charge in [0.1, 0.15) is 0 Å². The third-order valence-electron chi connectivity index (χ3n) is 2.66. The Bertz CT molecular complexity index is 323. The topological polar surface area (TPSA) is 64.9 Å². The van der Waals surface area contributed by atoms with Gasteiger partial charge >= 0.3 is 0 Å². The van der Waals surface area contributed by atoms with Crippen LogP contribution in [0.25, 0.3) is 0 Å². The highest BCUT2D eigenvalue weighted by Gasteiger charge is 2.24. The van der Waals surface area contributed by atoms with E-state index in [1.807, 2.05) is 13.8 Å². The third-order valence-corrected chi connectivity index (χ3v) is 2.66. The highest BCUT2D eigenvalue weighted by molar-refractivity contribution is 4.93. The molecule has 0 aliphatic heterocycles. The maximum atomic E-state index is 5.89. The molecular formula is C11H19N3O. The Balaban J connectivity index is 1.83. The number of rotatable bonds is 5. The molecule has 1 aromatic rings.